The highest BCUT2D eigenvalue weighted by Crippen LogP contribution is 2.21. The molecule has 100 valence electrons. The lowest BCUT2D eigenvalue weighted by Gasteiger charge is -2.29. The van der Waals surface area contributed by atoms with Crippen molar-refractivity contribution in [3.8, 4) is 0 Å². The number of sulfonamides is 1. The van der Waals surface area contributed by atoms with Crippen molar-refractivity contribution in [1.29, 1.82) is 0 Å². The molecule has 1 aliphatic heterocycles. The van der Waals surface area contributed by atoms with Crippen LogP contribution in [0.3, 0.4) is 0 Å². The first-order chi connectivity index (χ1) is 8.63. The van der Waals surface area contributed by atoms with Gasteiger partial charge in [0.05, 0.1) is 11.7 Å². The van der Waals surface area contributed by atoms with E-state index in [1.165, 1.54) is 0 Å². The number of hydrogen-bond donors (Lipinski definition) is 3. The minimum Gasteiger partial charge on any atom is -0.379 e. The number of rotatable bonds is 6. The zero-order valence-electron chi connectivity index (χ0n) is 10.4. The fourth-order valence-electron chi connectivity index (χ4n) is 1.75. The lowest BCUT2D eigenvalue weighted by molar-refractivity contribution is 0.471. The molecule has 1 aromatic rings. The van der Waals surface area contributed by atoms with Crippen LogP contribution in [-0.4, -0.2) is 34.1 Å². The Bertz CT molecular complexity index is 498. The van der Waals surface area contributed by atoms with Crippen molar-refractivity contribution >= 4 is 15.7 Å². The summed E-state index contributed by atoms with van der Waals surface area (Å²) in [6.07, 6.45) is 0.779. The second-order valence-electron chi connectivity index (χ2n) is 4.39. The van der Waals surface area contributed by atoms with Gasteiger partial charge in [0.15, 0.2) is 0 Å². The standard InChI is InChI=1S/C12H19N3O2S/c1-2-7-14-18(16,17)12-6-4-3-5-11(12)15-10-8-13-9-10/h3-6,10,13-15H,2,7-9H2,1H3. The molecule has 2 rings (SSSR count). The van der Waals surface area contributed by atoms with Gasteiger partial charge >= 0.3 is 0 Å². The monoisotopic (exact) mass is 269 g/mol. The van der Waals surface area contributed by atoms with Gasteiger partial charge in [-0.05, 0) is 18.6 Å². The van der Waals surface area contributed by atoms with Crippen molar-refractivity contribution in [3.05, 3.63) is 24.3 Å². The van der Waals surface area contributed by atoms with Gasteiger partial charge in [0.25, 0.3) is 0 Å². The second kappa shape index (κ2) is 5.69. The third-order valence-corrected chi connectivity index (χ3v) is 4.38. The molecular formula is C12H19N3O2S. The average molecular weight is 269 g/mol. The molecule has 0 saturated carbocycles. The van der Waals surface area contributed by atoms with Gasteiger partial charge in [-0.25, -0.2) is 13.1 Å². The molecule has 1 fully saturated rings. The van der Waals surface area contributed by atoms with Gasteiger partial charge in [-0.3, -0.25) is 0 Å². The summed E-state index contributed by atoms with van der Waals surface area (Å²) < 4.78 is 26.9. The average Bonchev–Trinajstić information content (AvgIpc) is 2.32. The summed E-state index contributed by atoms with van der Waals surface area (Å²) in [4.78, 5) is 0.324. The first kappa shape index (κ1) is 13.3. The van der Waals surface area contributed by atoms with Crippen molar-refractivity contribution in [1.82, 2.24) is 10.0 Å². The fourth-order valence-corrected chi connectivity index (χ4v) is 3.05. The molecule has 1 heterocycles. The largest absolute Gasteiger partial charge is 0.379 e. The minimum atomic E-state index is -3.42. The maximum absolute atomic E-state index is 12.1. The highest BCUT2D eigenvalue weighted by molar-refractivity contribution is 7.89. The van der Waals surface area contributed by atoms with Crippen molar-refractivity contribution in [3.63, 3.8) is 0 Å². The molecule has 5 nitrogen and oxygen atoms in total. The van der Waals surface area contributed by atoms with Crippen molar-refractivity contribution in [2.45, 2.75) is 24.3 Å². The molecule has 0 aromatic heterocycles. The summed E-state index contributed by atoms with van der Waals surface area (Å²) in [5.41, 5.74) is 0.674. The van der Waals surface area contributed by atoms with Crippen molar-refractivity contribution in [2.75, 3.05) is 25.0 Å². The minimum absolute atomic E-state index is 0.313. The SMILES string of the molecule is CCCNS(=O)(=O)c1ccccc1NC1CNC1. The van der Waals surface area contributed by atoms with Crippen LogP contribution in [-0.2, 0) is 10.0 Å². The van der Waals surface area contributed by atoms with E-state index in [0.29, 0.717) is 23.2 Å². The van der Waals surface area contributed by atoms with Crippen molar-refractivity contribution < 1.29 is 8.42 Å². The van der Waals surface area contributed by atoms with Crippen LogP contribution in [0.1, 0.15) is 13.3 Å². The second-order valence-corrected chi connectivity index (χ2v) is 6.13. The fraction of sp³-hybridized carbons (Fsp3) is 0.500. The van der Waals surface area contributed by atoms with Gasteiger partial charge in [0, 0.05) is 19.6 Å². The molecule has 1 aliphatic rings. The number of para-hydroxylation sites is 1. The normalized spacial score (nSPS) is 16.3. The van der Waals surface area contributed by atoms with Gasteiger partial charge in [0.2, 0.25) is 10.0 Å². The Labute approximate surface area is 108 Å². The molecule has 0 aliphatic carbocycles. The Morgan fingerprint density at radius 2 is 2.06 bits per heavy atom. The molecular weight excluding hydrogens is 250 g/mol. The van der Waals surface area contributed by atoms with E-state index < -0.39 is 10.0 Å². The van der Waals surface area contributed by atoms with E-state index in [1.807, 2.05) is 13.0 Å². The Balaban J connectivity index is 2.20. The van der Waals surface area contributed by atoms with Gasteiger partial charge in [-0.15, -0.1) is 0 Å². The molecule has 0 unspecified atom stereocenters. The van der Waals surface area contributed by atoms with Crippen LogP contribution in [0.25, 0.3) is 0 Å². The molecule has 18 heavy (non-hydrogen) atoms. The lowest BCUT2D eigenvalue weighted by atomic mass is 10.1. The van der Waals surface area contributed by atoms with Crippen LogP contribution in [0.4, 0.5) is 5.69 Å². The quantitative estimate of drug-likeness (QED) is 0.713. The Kier molecular flexibility index (Phi) is 4.21. The third-order valence-electron chi connectivity index (χ3n) is 2.86. The summed E-state index contributed by atoms with van der Waals surface area (Å²) in [6.45, 7) is 4.14. The maximum Gasteiger partial charge on any atom is 0.242 e. The van der Waals surface area contributed by atoms with Crippen LogP contribution < -0.4 is 15.4 Å². The molecule has 0 atom stereocenters. The summed E-state index contributed by atoms with van der Waals surface area (Å²) >= 11 is 0. The van der Waals surface area contributed by atoms with E-state index >= 15 is 0 Å². The number of benzene rings is 1. The number of hydrogen-bond acceptors (Lipinski definition) is 4. The molecule has 1 aromatic carbocycles. The first-order valence-electron chi connectivity index (χ1n) is 6.19. The molecule has 0 spiro atoms. The summed E-state index contributed by atoms with van der Waals surface area (Å²) in [6, 6.07) is 7.33. The Hall–Kier alpha value is -1.11. The molecule has 3 N–H and O–H groups in total. The zero-order valence-corrected chi connectivity index (χ0v) is 11.3. The van der Waals surface area contributed by atoms with Crippen LogP contribution >= 0.6 is 0 Å². The first-order valence-corrected chi connectivity index (χ1v) is 7.68. The third kappa shape index (κ3) is 3.01. The van der Waals surface area contributed by atoms with Gasteiger partial charge in [-0.1, -0.05) is 19.1 Å². The lowest BCUT2D eigenvalue weighted by Crippen LogP contribution is -2.51. The van der Waals surface area contributed by atoms with E-state index in [0.717, 1.165) is 19.5 Å². The predicted molar refractivity (Wildman–Crippen MR) is 72.2 cm³/mol. The molecule has 1 saturated heterocycles. The van der Waals surface area contributed by atoms with Gasteiger partial charge in [0.1, 0.15) is 4.90 Å². The molecule has 6 heteroatoms. The maximum atomic E-state index is 12.1. The number of anilines is 1. The highest BCUT2D eigenvalue weighted by Gasteiger charge is 2.21. The van der Waals surface area contributed by atoms with Crippen molar-refractivity contribution in [2.24, 2.45) is 0 Å². The molecule has 0 amide bonds. The van der Waals surface area contributed by atoms with E-state index in [2.05, 4.69) is 15.4 Å². The van der Waals surface area contributed by atoms with Crippen LogP contribution in [0.2, 0.25) is 0 Å². The summed E-state index contributed by atoms with van der Waals surface area (Å²) in [5.74, 6) is 0. The van der Waals surface area contributed by atoms with Crippen LogP contribution in [0, 0.1) is 0 Å². The summed E-state index contributed by atoms with van der Waals surface area (Å²) in [7, 11) is -3.42. The van der Waals surface area contributed by atoms with Gasteiger partial charge < -0.3 is 10.6 Å². The van der Waals surface area contributed by atoms with Crippen LogP contribution in [0.5, 0.6) is 0 Å². The topological polar surface area (TPSA) is 70.2 Å². The molecule has 0 radical (unpaired) electrons. The zero-order chi connectivity index (χ0) is 13.0. The highest BCUT2D eigenvalue weighted by atomic mass is 32.2. The Morgan fingerprint density at radius 1 is 1.33 bits per heavy atom. The van der Waals surface area contributed by atoms with E-state index in [4.69, 9.17) is 0 Å². The summed E-state index contributed by atoms with van der Waals surface area (Å²) in [5, 5.41) is 6.39. The smallest absolute Gasteiger partial charge is 0.242 e. The molecule has 0 bridgehead atoms. The van der Waals surface area contributed by atoms with E-state index in [9.17, 15) is 8.42 Å². The predicted octanol–water partition coefficient (Wildman–Crippen LogP) is 0.759. The van der Waals surface area contributed by atoms with E-state index in [1.54, 1.807) is 18.2 Å². The van der Waals surface area contributed by atoms with Gasteiger partial charge in [-0.2, -0.15) is 0 Å². The van der Waals surface area contributed by atoms with E-state index in [-0.39, 0.29) is 0 Å². The van der Waals surface area contributed by atoms with Crippen LogP contribution in [0.15, 0.2) is 29.2 Å². The number of nitrogens with one attached hydrogen (secondary N) is 3. The Morgan fingerprint density at radius 3 is 2.67 bits per heavy atom.